The SMILES string of the molecule is Cn1cnnc1SCc1nc(Cn2cncn2)nn1Cc1ccccc1. The Morgan fingerprint density at radius 2 is 1.96 bits per heavy atom. The van der Waals surface area contributed by atoms with Gasteiger partial charge in [0, 0.05) is 7.05 Å². The second-order valence-electron chi connectivity index (χ2n) is 5.69. The van der Waals surface area contributed by atoms with Crippen LogP contribution in [0.1, 0.15) is 17.2 Å². The van der Waals surface area contributed by atoms with Gasteiger partial charge in [-0.2, -0.15) is 10.2 Å². The molecule has 0 N–H and O–H groups in total. The third kappa shape index (κ3) is 3.80. The van der Waals surface area contributed by atoms with Crippen LogP contribution in [-0.4, -0.2) is 44.3 Å². The maximum atomic E-state index is 4.70. The van der Waals surface area contributed by atoms with Crippen LogP contribution in [0.2, 0.25) is 0 Å². The van der Waals surface area contributed by atoms with Gasteiger partial charge in [-0.15, -0.1) is 10.2 Å². The van der Waals surface area contributed by atoms with E-state index in [1.54, 1.807) is 29.1 Å². The summed E-state index contributed by atoms with van der Waals surface area (Å²) in [6, 6.07) is 10.2. The van der Waals surface area contributed by atoms with Gasteiger partial charge < -0.3 is 4.57 Å². The number of hydrogen-bond acceptors (Lipinski definition) is 7. The van der Waals surface area contributed by atoms with E-state index in [0.717, 1.165) is 11.0 Å². The van der Waals surface area contributed by atoms with Crippen molar-refractivity contribution >= 4 is 11.8 Å². The third-order valence-electron chi connectivity index (χ3n) is 3.74. The highest BCUT2D eigenvalue weighted by molar-refractivity contribution is 7.98. The Kier molecular flexibility index (Phi) is 4.73. The van der Waals surface area contributed by atoms with E-state index in [-0.39, 0.29) is 0 Å². The molecule has 0 bridgehead atoms. The molecule has 0 aliphatic heterocycles. The van der Waals surface area contributed by atoms with Gasteiger partial charge in [-0.05, 0) is 5.56 Å². The molecule has 9 nitrogen and oxygen atoms in total. The van der Waals surface area contributed by atoms with E-state index in [0.29, 0.717) is 24.7 Å². The first-order chi connectivity index (χ1) is 12.8. The predicted octanol–water partition coefficient (Wildman–Crippen LogP) is 1.39. The number of aryl methyl sites for hydroxylation is 1. The summed E-state index contributed by atoms with van der Waals surface area (Å²) in [7, 11) is 1.92. The van der Waals surface area contributed by atoms with Crippen LogP contribution >= 0.6 is 11.8 Å². The van der Waals surface area contributed by atoms with Crippen LogP contribution in [0, 0.1) is 0 Å². The lowest BCUT2D eigenvalue weighted by Gasteiger charge is -2.05. The molecule has 10 heteroatoms. The zero-order valence-electron chi connectivity index (χ0n) is 14.2. The number of hydrogen-bond donors (Lipinski definition) is 0. The average molecular weight is 367 g/mol. The number of nitrogens with zero attached hydrogens (tertiary/aromatic N) is 9. The molecule has 0 radical (unpaired) electrons. The molecule has 3 aromatic heterocycles. The van der Waals surface area contributed by atoms with Crippen LogP contribution in [0.3, 0.4) is 0 Å². The highest BCUT2D eigenvalue weighted by Crippen LogP contribution is 2.19. The van der Waals surface area contributed by atoms with Crippen molar-refractivity contribution in [2.24, 2.45) is 7.05 Å². The minimum atomic E-state index is 0.490. The van der Waals surface area contributed by atoms with Crippen LogP contribution in [0.4, 0.5) is 0 Å². The number of rotatable bonds is 7. The summed E-state index contributed by atoms with van der Waals surface area (Å²) >= 11 is 1.58. The maximum absolute atomic E-state index is 4.70. The average Bonchev–Trinajstić information content (AvgIpc) is 3.37. The van der Waals surface area contributed by atoms with Gasteiger partial charge in [0.05, 0.1) is 12.3 Å². The second-order valence-corrected chi connectivity index (χ2v) is 6.64. The van der Waals surface area contributed by atoms with E-state index < -0.39 is 0 Å². The normalized spacial score (nSPS) is 11.1. The van der Waals surface area contributed by atoms with Gasteiger partial charge in [0.1, 0.15) is 31.4 Å². The fourth-order valence-electron chi connectivity index (χ4n) is 2.47. The fraction of sp³-hybridized carbons (Fsp3) is 0.250. The first-order valence-electron chi connectivity index (χ1n) is 8.03. The molecule has 0 atom stereocenters. The molecule has 3 heterocycles. The highest BCUT2D eigenvalue weighted by atomic mass is 32.2. The summed E-state index contributed by atoms with van der Waals surface area (Å²) in [4.78, 5) is 8.66. The third-order valence-corrected chi connectivity index (χ3v) is 4.77. The zero-order chi connectivity index (χ0) is 17.8. The molecule has 4 aromatic rings. The van der Waals surface area contributed by atoms with Crippen molar-refractivity contribution in [3.05, 3.63) is 66.5 Å². The quantitative estimate of drug-likeness (QED) is 0.456. The number of aromatic nitrogens is 9. The second kappa shape index (κ2) is 7.48. The Labute approximate surface area is 154 Å². The Bertz CT molecular complexity index is 959. The van der Waals surface area contributed by atoms with Crippen molar-refractivity contribution in [2.75, 3.05) is 0 Å². The van der Waals surface area contributed by atoms with Gasteiger partial charge in [-0.3, -0.25) is 0 Å². The van der Waals surface area contributed by atoms with Gasteiger partial charge in [0.2, 0.25) is 0 Å². The van der Waals surface area contributed by atoms with Crippen molar-refractivity contribution in [2.45, 2.75) is 24.0 Å². The Morgan fingerprint density at radius 1 is 1.08 bits per heavy atom. The summed E-state index contributed by atoms with van der Waals surface area (Å²) < 4.78 is 5.53. The number of benzene rings is 1. The molecule has 0 saturated carbocycles. The summed E-state index contributed by atoms with van der Waals surface area (Å²) in [6.07, 6.45) is 4.85. The van der Waals surface area contributed by atoms with Crippen molar-refractivity contribution in [3.8, 4) is 0 Å². The summed E-state index contributed by atoms with van der Waals surface area (Å²) in [5.74, 6) is 2.25. The van der Waals surface area contributed by atoms with Crippen LogP contribution in [0.15, 0.2) is 54.5 Å². The first kappa shape index (κ1) is 16.5. The van der Waals surface area contributed by atoms with E-state index in [1.807, 2.05) is 34.5 Å². The first-order valence-corrected chi connectivity index (χ1v) is 9.02. The predicted molar refractivity (Wildman–Crippen MR) is 95.3 cm³/mol. The Morgan fingerprint density at radius 3 is 2.69 bits per heavy atom. The van der Waals surface area contributed by atoms with Gasteiger partial charge in [-0.1, -0.05) is 42.1 Å². The lowest BCUT2D eigenvalue weighted by atomic mass is 10.2. The smallest absolute Gasteiger partial charge is 0.191 e. The van der Waals surface area contributed by atoms with E-state index >= 15 is 0 Å². The lowest BCUT2D eigenvalue weighted by molar-refractivity contribution is 0.618. The molecule has 132 valence electrons. The van der Waals surface area contributed by atoms with E-state index in [9.17, 15) is 0 Å². The summed E-state index contributed by atoms with van der Waals surface area (Å²) in [5, 5.41) is 17.6. The fourth-order valence-corrected chi connectivity index (χ4v) is 3.30. The van der Waals surface area contributed by atoms with Crippen LogP contribution < -0.4 is 0 Å². The standard InChI is InChI=1S/C16H17N9S/c1-23-12-18-21-16(23)26-9-15-20-14(8-24-11-17-10-19-24)22-25(15)7-13-5-3-2-4-6-13/h2-6,10-12H,7-9H2,1H3. The Hall–Kier alpha value is -3.01. The van der Waals surface area contributed by atoms with Crippen molar-refractivity contribution in [1.82, 2.24) is 44.3 Å². The molecule has 26 heavy (non-hydrogen) atoms. The molecule has 0 saturated heterocycles. The van der Waals surface area contributed by atoms with Crippen molar-refractivity contribution in [3.63, 3.8) is 0 Å². The van der Waals surface area contributed by atoms with Crippen LogP contribution in [0.5, 0.6) is 0 Å². The molecule has 0 amide bonds. The van der Waals surface area contributed by atoms with Crippen molar-refractivity contribution < 1.29 is 0 Å². The van der Waals surface area contributed by atoms with Crippen LogP contribution in [-0.2, 0) is 25.9 Å². The molecule has 0 aliphatic rings. The topological polar surface area (TPSA) is 92.1 Å². The zero-order valence-corrected chi connectivity index (χ0v) is 15.0. The van der Waals surface area contributed by atoms with Gasteiger partial charge in [-0.25, -0.2) is 19.3 Å². The highest BCUT2D eigenvalue weighted by Gasteiger charge is 2.13. The minimum Gasteiger partial charge on any atom is -0.312 e. The largest absolute Gasteiger partial charge is 0.312 e. The summed E-state index contributed by atoms with van der Waals surface area (Å²) in [6.45, 7) is 1.16. The molecular weight excluding hydrogens is 350 g/mol. The van der Waals surface area contributed by atoms with Gasteiger partial charge >= 0.3 is 0 Å². The van der Waals surface area contributed by atoms with E-state index in [2.05, 4.69) is 37.5 Å². The maximum Gasteiger partial charge on any atom is 0.191 e. The molecule has 0 unspecified atom stereocenters. The summed E-state index contributed by atoms with van der Waals surface area (Å²) in [5.41, 5.74) is 1.18. The molecule has 0 aliphatic carbocycles. The van der Waals surface area contributed by atoms with Crippen LogP contribution in [0.25, 0.3) is 0 Å². The lowest BCUT2D eigenvalue weighted by Crippen LogP contribution is -2.07. The number of thioether (sulfide) groups is 1. The van der Waals surface area contributed by atoms with E-state index in [1.165, 1.54) is 11.9 Å². The molecule has 0 fully saturated rings. The molecule has 0 spiro atoms. The van der Waals surface area contributed by atoms with Gasteiger partial charge in [0.15, 0.2) is 11.0 Å². The molecule has 1 aromatic carbocycles. The monoisotopic (exact) mass is 367 g/mol. The Balaban J connectivity index is 1.56. The van der Waals surface area contributed by atoms with Crippen molar-refractivity contribution in [1.29, 1.82) is 0 Å². The molecule has 4 rings (SSSR count). The van der Waals surface area contributed by atoms with Gasteiger partial charge in [0.25, 0.3) is 0 Å². The van der Waals surface area contributed by atoms with E-state index in [4.69, 9.17) is 4.98 Å². The molecular formula is C16H17N9S. The minimum absolute atomic E-state index is 0.490.